The summed E-state index contributed by atoms with van der Waals surface area (Å²) in [4.78, 5) is 0. The Balaban J connectivity index is 2.51. The lowest BCUT2D eigenvalue weighted by Crippen LogP contribution is -2.01. The molecule has 0 radical (unpaired) electrons. The van der Waals surface area contributed by atoms with Crippen LogP contribution >= 0.6 is 27.5 Å². The first kappa shape index (κ1) is 13.4. The molecule has 18 heavy (non-hydrogen) atoms. The van der Waals surface area contributed by atoms with Crippen LogP contribution in [-0.4, -0.2) is 0 Å². The van der Waals surface area contributed by atoms with Crippen LogP contribution in [0.2, 0.25) is 0 Å². The highest BCUT2D eigenvalue weighted by molar-refractivity contribution is 9.10. The Hall–Kier alpha value is -1.00. The van der Waals surface area contributed by atoms with Crippen LogP contribution in [-0.2, 0) is 0 Å². The molecule has 1 atom stereocenters. The summed E-state index contributed by atoms with van der Waals surface area (Å²) in [6.45, 7) is 0. The fourth-order valence-corrected chi connectivity index (χ4v) is 2.31. The molecule has 5 heteroatoms. The molecule has 1 unspecified atom stereocenters. The highest BCUT2D eigenvalue weighted by Gasteiger charge is 2.20. The molecule has 0 amide bonds. The third-order valence-electron chi connectivity index (χ3n) is 2.49. The molecule has 0 bridgehead atoms. The summed E-state index contributed by atoms with van der Waals surface area (Å²) in [6.07, 6.45) is 0. The second kappa shape index (κ2) is 5.33. The Morgan fingerprint density at radius 2 is 1.72 bits per heavy atom. The van der Waals surface area contributed by atoms with Crippen molar-refractivity contribution in [2.24, 2.45) is 0 Å². The molecule has 0 saturated heterocycles. The molecule has 0 aromatic heterocycles. The maximum absolute atomic E-state index is 13.8. The largest absolute Gasteiger partial charge is 0.207 e. The van der Waals surface area contributed by atoms with Crippen molar-refractivity contribution in [3.05, 3.63) is 69.4 Å². The van der Waals surface area contributed by atoms with Crippen LogP contribution in [0.3, 0.4) is 0 Å². The van der Waals surface area contributed by atoms with Gasteiger partial charge in [0, 0.05) is 11.1 Å². The Morgan fingerprint density at radius 3 is 2.44 bits per heavy atom. The second-order valence-electron chi connectivity index (χ2n) is 3.67. The fraction of sp³-hybridized carbons (Fsp3) is 0.0769. The van der Waals surface area contributed by atoms with Crippen molar-refractivity contribution in [1.29, 1.82) is 0 Å². The van der Waals surface area contributed by atoms with E-state index in [-0.39, 0.29) is 15.6 Å². The molecule has 0 heterocycles. The number of hydrogen-bond acceptors (Lipinski definition) is 0. The van der Waals surface area contributed by atoms with Crippen molar-refractivity contribution in [3.8, 4) is 0 Å². The van der Waals surface area contributed by atoms with Crippen molar-refractivity contribution in [3.63, 3.8) is 0 Å². The molecular formula is C13H7BrClF3. The van der Waals surface area contributed by atoms with Crippen molar-refractivity contribution in [2.45, 2.75) is 5.38 Å². The number of hydrogen-bond donors (Lipinski definition) is 0. The first-order valence-electron chi connectivity index (χ1n) is 5.03. The zero-order valence-electron chi connectivity index (χ0n) is 8.93. The lowest BCUT2D eigenvalue weighted by atomic mass is 10.0. The maximum atomic E-state index is 13.8. The van der Waals surface area contributed by atoms with Crippen LogP contribution in [0, 0.1) is 17.5 Å². The van der Waals surface area contributed by atoms with E-state index in [9.17, 15) is 13.2 Å². The average Bonchev–Trinajstić information content (AvgIpc) is 2.35. The van der Waals surface area contributed by atoms with Gasteiger partial charge in [0.15, 0.2) is 0 Å². The van der Waals surface area contributed by atoms with E-state index in [1.165, 1.54) is 12.1 Å². The van der Waals surface area contributed by atoms with Gasteiger partial charge in [0.25, 0.3) is 0 Å². The molecule has 0 saturated carbocycles. The number of alkyl halides is 1. The van der Waals surface area contributed by atoms with Crippen LogP contribution in [0.25, 0.3) is 0 Å². The van der Waals surface area contributed by atoms with Gasteiger partial charge in [-0.3, -0.25) is 0 Å². The Bertz CT molecular complexity index is 584. The van der Waals surface area contributed by atoms with Gasteiger partial charge >= 0.3 is 0 Å². The van der Waals surface area contributed by atoms with Gasteiger partial charge in [0.1, 0.15) is 17.5 Å². The lowest BCUT2D eigenvalue weighted by molar-refractivity contribution is 0.578. The average molecular weight is 336 g/mol. The van der Waals surface area contributed by atoms with E-state index in [1.54, 1.807) is 6.07 Å². The molecule has 0 fully saturated rings. The SMILES string of the molecule is Fc1ccc(F)c(C(Cl)c2cccc(Br)c2F)c1. The molecule has 2 rings (SSSR count). The smallest absolute Gasteiger partial charge is 0.142 e. The number of rotatable bonds is 2. The third-order valence-corrected chi connectivity index (χ3v) is 3.57. The van der Waals surface area contributed by atoms with E-state index < -0.39 is 22.8 Å². The van der Waals surface area contributed by atoms with Crippen molar-refractivity contribution in [1.82, 2.24) is 0 Å². The minimum absolute atomic E-state index is 0.0892. The predicted molar refractivity (Wildman–Crippen MR) is 68.2 cm³/mol. The van der Waals surface area contributed by atoms with Crippen molar-refractivity contribution < 1.29 is 13.2 Å². The summed E-state index contributed by atoms with van der Waals surface area (Å²) in [5.41, 5.74) is 0.00390. The van der Waals surface area contributed by atoms with Gasteiger partial charge < -0.3 is 0 Å². The van der Waals surface area contributed by atoms with E-state index in [4.69, 9.17) is 11.6 Å². The molecule has 0 nitrogen and oxygen atoms in total. The molecule has 2 aromatic rings. The fourth-order valence-electron chi connectivity index (χ4n) is 1.59. The van der Waals surface area contributed by atoms with Crippen LogP contribution in [0.15, 0.2) is 40.9 Å². The van der Waals surface area contributed by atoms with Gasteiger partial charge in [-0.25, -0.2) is 13.2 Å². The van der Waals surface area contributed by atoms with Gasteiger partial charge in [0.05, 0.1) is 9.85 Å². The molecule has 0 aliphatic rings. The monoisotopic (exact) mass is 334 g/mol. The normalized spacial score (nSPS) is 12.5. The van der Waals surface area contributed by atoms with E-state index in [0.29, 0.717) is 0 Å². The number of benzene rings is 2. The molecule has 2 aromatic carbocycles. The molecule has 0 spiro atoms. The zero-order chi connectivity index (χ0) is 13.3. The number of halogens is 5. The van der Waals surface area contributed by atoms with Gasteiger partial charge in [-0.05, 0) is 40.2 Å². The summed E-state index contributed by atoms with van der Waals surface area (Å²) in [7, 11) is 0. The van der Waals surface area contributed by atoms with Gasteiger partial charge in [-0.2, -0.15) is 0 Å². The topological polar surface area (TPSA) is 0 Å². The van der Waals surface area contributed by atoms with E-state index in [2.05, 4.69) is 15.9 Å². The van der Waals surface area contributed by atoms with Crippen LogP contribution in [0.1, 0.15) is 16.5 Å². The quantitative estimate of drug-likeness (QED) is 0.662. The summed E-state index contributed by atoms with van der Waals surface area (Å²) >= 11 is 9.04. The standard InChI is InChI=1S/C13H7BrClF3/c14-10-3-1-2-8(13(10)18)12(15)9-6-7(16)4-5-11(9)17/h1-6,12H. The predicted octanol–water partition coefficient (Wildman–Crippen LogP) is 5.19. The minimum atomic E-state index is -1.09. The summed E-state index contributed by atoms with van der Waals surface area (Å²) in [5, 5.41) is -1.09. The summed E-state index contributed by atoms with van der Waals surface area (Å²) in [6, 6.07) is 7.44. The third kappa shape index (κ3) is 2.54. The molecule has 0 aliphatic heterocycles. The Kier molecular flexibility index (Phi) is 3.97. The maximum Gasteiger partial charge on any atom is 0.142 e. The van der Waals surface area contributed by atoms with Crippen LogP contribution in [0.5, 0.6) is 0 Å². The molecular weight excluding hydrogens is 328 g/mol. The highest BCUT2D eigenvalue weighted by atomic mass is 79.9. The second-order valence-corrected chi connectivity index (χ2v) is 4.96. The minimum Gasteiger partial charge on any atom is -0.207 e. The van der Waals surface area contributed by atoms with Gasteiger partial charge in [-0.1, -0.05) is 12.1 Å². The van der Waals surface area contributed by atoms with Crippen LogP contribution < -0.4 is 0 Å². The first-order valence-corrected chi connectivity index (χ1v) is 6.26. The van der Waals surface area contributed by atoms with Gasteiger partial charge in [-0.15, -0.1) is 11.6 Å². The van der Waals surface area contributed by atoms with E-state index in [0.717, 1.165) is 18.2 Å². The van der Waals surface area contributed by atoms with Crippen LogP contribution in [0.4, 0.5) is 13.2 Å². The summed E-state index contributed by atoms with van der Waals surface area (Å²) < 4.78 is 40.7. The lowest BCUT2D eigenvalue weighted by Gasteiger charge is -2.13. The summed E-state index contributed by atoms with van der Waals surface area (Å²) in [5.74, 6) is -1.87. The zero-order valence-corrected chi connectivity index (χ0v) is 11.3. The van der Waals surface area contributed by atoms with Crippen molar-refractivity contribution >= 4 is 27.5 Å². The van der Waals surface area contributed by atoms with E-state index >= 15 is 0 Å². The first-order chi connectivity index (χ1) is 8.50. The Labute approximate surface area is 116 Å². The van der Waals surface area contributed by atoms with Gasteiger partial charge in [0.2, 0.25) is 0 Å². The highest BCUT2D eigenvalue weighted by Crippen LogP contribution is 2.34. The molecule has 94 valence electrons. The molecule has 0 aliphatic carbocycles. The molecule has 0 N–H and O–H groups in total. The Morgan fingerprint density at radius 1 is 1.00 bits per heavy atom. The van der Waals surface area contributed by atoms with Crippen molar-refractivity contribution in [2.75, 3.05) is 0 Å². The van der Waals surface area contributed by atoms with E-state index in [1.807, 2.05) is 0 Å².